The number of likely N-dealkylation sites (N-methyl/N-ethyl adjacent to an activating group) is 1. The highest BCUT2D eigenvalue weighted by Gasteiger charge is 2.38. The Balaban J connectivity index is 0.000000713. The van der Waals surface area contributed by atoms with E-state index in [0.717, 1.165) is 26.2 Å². The minimum absolute atomic E-state index is 0. The van der Waals surface area contributed by atoms with Gasteiger partial charge in [0.05, 0.1) is 18.8 Å². The Morgan fingerprint density at radius 1 is 0.889 bits per heavy atom. The molecule has 2 aliphatic rings. The highest BCUT2D eigenvalue weighted by Crippen LogP contribution is 2.53. The normalized spacial score (nSPS) is 21.4. The molecule has 0 bridgehead atoms. The van der Waals surface area contributed by atoms with Crippen molar-refractivity contribution in [3.05, 3.63) is 0 Å². The second kappa shape index (κ2) is 16.4. The predicted octanol–water partition coefficient (Wildman–Crippen LogP) is 2.95. The van der Waals surface area contributed by atoms with Gasteiger partial charge >= 0.3 is 13.8 Å². The first-order chi connectivity index (χ1) is 16.2. The van der Waals surface area contributed by atoms with E-state index in [1.54, 1.807) is 35.0 Å². The van der Waals surface area contributed by atoms with Gasteiger partial charge in [-0.2, -0.15) is 0 Å². The second-order valence-corrected chi connectivity index (χ2v) is 14.4. The standard InChI is InChI=1S/C12H26N3O5P.C9H21N2O2P.CH4/c1-11(2)20-21(18,13(3)4)15-7-5-14(6-8-15)12(17)19-10-9-16;1-9(2)13-14(4,12)11-7-5-10(3)6-8-11;/h11,16H,5-10H2,1-4H3;9H,5-8H2,1-4H3;1H4. The molecule has 0 spiro atoms. The third-order valence-corrected chi connectivity index (χ3v) is 10.5. The molecular weight excluding hydrogens is 508 g/mol. The van der Waals surface area contributed by atoms with Gasteiger partial charge in [0.1, 0.15) is 6.61 Å². The van der Waals surface area contributed by atoms with E-state index in [2.05, 4.69) is 11.9 Å². The molecule has 216 valence electrons. The van der Waals surface area contributed by atoms with Gasteiger partial charge in [0.25, 0.3) is 7.52 Å². The summed E-state index contributed by atoms with van der Waals surface area (Å²) in [5, 5.41) is 8.64. The van der Waals surface area contributed by atoms with Crippen LogP contribution in [0.5, 0.6) is 0 Å². The van der Waals surface area contributed by atoms with Crippen LogP contribution in [0.4, 0.5) is 4.79 Å². The lowest BCUT2D eigenvalue weighted by molar-refractivity contribution is 0.0697. The number of aliphatic hydroxyl groups is 1. The lowest BCUT2D eigenvalue weighted by Crippen LogP contribution is -2.49. The van der Waals surface area contributed by atoms with Crippen LogP contribution in [0.2, 0.25) is 0 Å². The van der Waals surface area contributed by atoms with Crippen molar-refractivity contribution in [2.75, 3.05) is 93.4 Å². The van der Waals surface area contributed by atoms with Crippen molar-refractivity contribution in [3.63, 3.8) is 0 Å². The Hall–Kier alpha value is -0.550. The lowest BCUT2D eigenvalue weighted by Gasteiger charge is -2.40. The fraction of sp³-hybridized carbons (Fsp3) is 0.955. The summed E-state index contributed by atoms with van der Waals surface area (Å²) in [7, 11) is -0.0578. The number of carbonyl (C=O) groups is 1. The number of ether oxygens (including phenoxy) is 1. The molecule has 0 aromatic carbocycles. The van der Waals surface area contributed by atoms with E-state index in [1.165, 1.54) is 0 Å². The Morgan fingerprint density at radius 2 is 1.36 bits per heavy atom. The Labute approximate surface area is 218 Å². The summed E-state index contributed by atoms with van der Waals surface area (Å²) < 4.78 is 46.5. The molecule has 2 atom stereocenters. The SMILES string of the molecule is C.CC(C)OP(=O)(N(C)C)N1CCN(C(=O)OCCO)CC1.CC(C)OP(C)(=O)N1CCN(C)CC1. The summed E-state index contributed by atoms with van der Waals surface area (Å²) in [5.74, 6) is 0. The Kier molecular flexibility index (Phi) is 16.2. The van der Waals surface area contributed by atoms with E-state index in [1.807, 2.05) is 32.4 Å². The van der Waals surface area contributed by atoms with Crippen LogP contribution < -0.4 is 0 Å². The third-order valence-electron chi connectivity index (χ3n) is 5.44. The van der Waals surface area contributed by atoms with Crippen molar-refractivity contribution < 1.29 is 32.8 Å². The van der Waals surface area contributed by atoms with Gasteiger partial charge in [-0.25, -0.2) is 18.8 Å². The fourth-order valence-electron chi connectivity index (χ4n) is 3.66. The van der Waals surface area contributed by atoms with Gasteiger partial charge in [0, 0.05) is 59.0 Å². The number of hydrogen-bond acceptors (Lipinski definition) is 8. The van der Waals surface area contributed by atoms with Crippen LogP contribution in [0.25, 0.3) is 0 Å². The van der Waals surface area contributed by atoms with Crippen molar-refractivity contribution >= 4 is 21.3 Å². The number of aliphatic hydroxyl groups excluding tert-OH is 1. The largest absolute Gasteiger partial charge is 0.447 e. The van der Waals surface area contributed by atoms with Crippen LogP contribution in [0.1, 0.15) is 35.1 Å². The molecule has 36 heavy (non-hydrogen) atoms. The van der Waals surface area contributed by atoms with E-state index in [-0.39, 0.29) is 32.8 Å². The number of amides is 1. The molecule has 0 aromatic heterocycles. The molecule has 1 N–H and O–H groups in total. The van der Waals surface area contributed by atoms with Crippen molar-refractivity contribution in [2.24, 2.45) is 0 Å². The van der Waals surface area contributed by atoms with E-state index < -0.39 is 21.3 Å². The van der Waals surface area contributed by atoms with Gasteiger partial charge in [-0.05, 0) is 48.8 Å². The number of hydrogen-bond donors (Lipinski definition) is 1. The summed E-state index contributed by atoms with van der Waals surface area (Å²) >= 11 is 0. The summed E-state index contributed by atoms with van der Waals surface area (Å²) in [6, 6.07) is 0. The summed E-state index contributed by atoms with van der Waals surface area (Å²) in [4.78, 5) is 15.5. The molecule has 2 heterocycles. The zero-order valence-electron chi connectivity index (χ0n) is 22.8. The van der Waals surface area contributed by atoms with Gasteiger partial charge in [-0.1, -0.05) is 7.43 Å². The number of rotatable bonds is 9. The third kappa shape index (κ3) is 11.5. The van der Waals surface area contributed by atoms with Crippen molar-refractivity contribution in [2.45, 2.75) is 47.3 Å². The molecule has 2 aliphatic heterocycles. The first-order valence-electron chi connectivity index (χ1n) is 12.2. The van der Waals surface area contributed by atoms with Gasteiger partial charge < -0.3 is 28.7 Å². The maximum Gasteiger partial charge on any atom is 0.409 e. The Bertz CT molecular complexity index is 726. The molecule has 0 radical (unpaired) electrons. The first kappa shape index (κ1) is 35.5. The van der Waals surface area contributed by atoms with Crippen molar-refractivity contribution in [1.82, 2.24) is 23.8 Å². The van der Waals surface area contributed by atoms with Crippen molar-refractivity contribution in [1.29, 1.82) is 0 Å². The average molecular weight is 560 g/mol. The molecule has 2 rings (SSSR count). The fourth-order valence-corrected chi connectivity index (χ4v) is 7.54. The minimum Gasteiger partial charge on any atom is -0.447 e. The topological polar surface area (TPSA) is 115 Å². The molecule has 2 fully saturated rings. The number of carbonyl (C=O) groups excluding carboxylic acids is 1. The monoisotopic (exact) mass is 559 g/mol. The quantitative estimate of drug-likeness (QED) is 0.421. The molecule has 0 saturated carbocycles. The zero-order valence-corrected chi connectivity index (χ0v) is 24.5. The van der Waals surface area contributed by atoms with E-state index in [0.29, 0.717) is 26.2 Å². The zero-order chi connectivity index (χ0) is 26.8. The molecule has 1 amide bonds. The van der Waals surface area contributed by atoms with E-state index >= 15 is 0 Å². The van der Waals surface area contributed by atoms with Gasteiger partial charge in [-0.3, -0.25) is 9.13 Å². The van der Waals surface area contributed by atoms with Crippen LogP contribution in [0.15, 0.2) is 0 Å². The highest BCUT2D eigenvalue weighted by molar-refractivity contribution is 7.55. The van der Waals surface area contributed by atoms with Gasteiger partial charge in [0.2, 0.25) is 0 Å². The molecule has 0 aliphatic carbocycles. The van der Waals surface area contributed by atoms with Crippen LogP contribution in [-0.4, -0.2) is 141 Å². The Morgan fingerprint density at radius 3 is 1.78 bits per heavy atom. The van der Waals surface area contributed by atoms with Crippen molar-refractivity contribution in [3.8, 4) is 0 Å². The van der Waals surface area contributed by atoms with Crippen LogP contribution in [0.3, 0.4) is 0 Å². The number of piperazine rings is 2. The lowest BCUT2D eigenvalue weighted by atomic mass is 10.4. The summed E-state index contributed by atoms with van der Waals surface area (Å²) in [6.45, 7) is 14.4. The predicted molar refractivity (Wildman–Crippen MR) is 145 cm³/mol. The summed E-state index contributed by atoms with van der Waals surface area (Å²) in [5.41, 5.74) is 0. The second-order valence-electron chi connectivity index (χ2n) is 9.48. The van der Waals surface area contributed by atoms with Gasteiger partial charge in [-0.15, -0.1) is 0 Å². The maximum absolute atomic E-state index is 13.0. The molecule has 14 heteroatoms. The van der Waals surface area contributed by atoms with E-state index in [9.17, 15) is 13.9 Å². The molecule has 2 saturated heterocycles. The van der Waals surface area contributed by atoms with Gasteiger partial charge in [0.15, 0.2) is 0 Å². The molecular formula is C22H51N5O7P2. The van der Waals surface area contributed by atoms with E-state index in [4.69, 9.17) is 18.9 Å². The van der Waals surface area contributed by atoms with Crippen LogP contribution in [0, 0.1) is 0 Å². The summed E-state index contributed by atoms with van der Waals surface area (Å²) in [6.07, 6.45) is -0.565. The molecule has 0 aromatic rings. The maximum atomic E-state index is 13.0. The molecule has 2 unspecified atom stereocenters. The molecule has 12 nitrogen and oxygen atoms in total. The smallest absolute Gasteiger partial charge is 0.409 e. The van der Waals surface area contributed by atoms with Crippen LogP contribution in [-0.2, 0) is 22.9 Å². The first-order valence-corrected chi connectivity index (χ1v) is 15.7. The van der Waals surface area contributed by atoms with Crippen LogP contribution >= 0.6 is 15.2 Å². The number of nitrogens with zero attached hydrogens (tertiary/aromatic N) is 5. The average Bonchev–Trinajstić information content (AvgIpc) is 2.76. The minimum atomic E-state index is -3.05. The highest BCUT2D eigenvalue weighted by atomic mass is 31.2.